The first kappa shape index (κ1) is 33.2. The molecule has 0 spiro atoms. The summed E-state index contributed by atoms with van der Waals surface area (Å²) < 4.78 is 102. The van der Waals surface area contributed by atoms with E-state index < -0.39 is 60.4 Å². The van der Waals surface area contributed by atoms with Crippen molar-refractivity contribution >= 4 is 32.8 Å². The average molecular weight is 1070 g/mol. The Morgan fingerprint density at radius 3 is 1.99 bits per heavy atom. The molecule has 0 unspecified atom stereocenters. The standard InChI is InChI=1S/C62H48N4O.Pt/c1-62(2,3)48-36-37-63-58(38-48)66-56-23-11-10-20-54(56)55-35-34-51(40-57(55)66)67-50-19-12-18-49(39-50)64-41-65(60-47-31-29-43-26-24-42(25-27-43)28-30-46(32-33-47)59(60)64)61-52(44-14-6-4-7-15-44)21-13-22-53(61)45-16-8-5-9-17-45;/h4-27,32-38H,28-31H2,1-3H3;/q-2;/i4D,5D,6D,7D,8D,9D,14D,15D,16D,17D;. The molecule has 0 N–H and O–H groups in total. The molecule has 6 heteroatoms. The van der Waals surface area contributed by atoms with Gasteiger partial charge in [-0.25, -0.2) is 4.98 Å². The average Bonchev–Trinajstić information content (AvgIpc) is 4.21. The van der Waals surface area contributed by atoms with Gasteiger partial charge in [0.2, 0.25) is 0 Å². The van der Waals surface area contributed by atoms with E-state index in [1.54, 1.807) is 22.8 Å². The molecule has 0 aliphatic heterocycles. The van der Waals surface area contributed by atoms with Gasteiger partial charge in [0.05, 0.1) is 30.4 Å². The van der Waals surface area contributed by atoms with Gasteiger partial charge in [-0.3, -0.25) is 4.57 Å². The van der Waals surface area contributed by atoms with E-state index in [0.717, 1.165) is 61.0 Å². The number of fused-ring (bicyclic) bond motifs is 3. The van der Waals surface area contributed by atoms with E-state index in [2.05, 4.69) is 98.4 Å². The van der Waals surface area contributed by atoms with Gasteiger partial charge in [-0.15, -0.1) is 29.7 Å². The van der Waals surface area contributed by atoms with E-state index in [1.165, 1.54) is 0 Å². The summed E-state index contributed by atoms with van der Waals surface area (Å²) in [7, 11) is 0. The normalized spacial score (nSPS) is 14.6. The Balaban J connectivity index is 0.00000645. The SMILES string of the molecule is [2H]c1c([2H])c([2H])c(-c2cccc(-c3c([2H])c([2H])c([2H])c([2H])c3[2H])c2-[n+]2[c-]n(-c3[c-]c(Oc4[c-]c5c(cc4)c4ccccc4n5-c4cc(C(C)(C)C)ccn4)ccc3)c3c4ccc(c32)CCc2ccc(cc2)CC4)c([2H])c1[2H].[Pt]. The van der Waals surface area contributed by atoms with Crippen LogP contribution in [0.15, 0.2) is 188 Å². The summed E-state index contributed by atoms with van der Waals surface area (Å²) in [5.41, 5.74) is 9.16. The van der Waals surface area contributed by atoms with Crippen molar-refractivity contribution in [3.63, 3.8) is 0 Å². The van der Waals surface area contributed by atoms with Gasteiger partial charge in [0, 0.05) is 44.3 Å². The Labute approximate surface area is 426 Å². The molecule has 4 aliphatic carbocycles. The van der Waals surface area contributed by atoms with Gasteiger partial charge >= 0.3 is 0 Å². The summed E-state index contributed by atoms with van der Waals surface area (Å²) in [5.74, 6) is 1.58. The van der Waals surface area contributed by atoms with E-state index in [1.807, 2.05) is 59.3 Å². The molecule has 5 nitrogen and oxygen atoms in total. The minimum absolute atomic E-state index is 0. The summed E-state index contributed by atoms with van der Waals surface area (Å²) in [6.07, 6.45) is 7.98. The van der Waals surface area contributed by atoms with Gasteiger partial charge in [0.15, 0.2) is 0 Å². The maximum Gasteiger partial charge on any atom is 0.268 e. The monoisotopic (exact) mass is 1070 g/mol. The van der Waals surface area contributed by atoms with Crippen molar-refractivity contribution in [1.82, 2.24) is 14.1 Å². The first-order valence-corrected chi connectivity index (χ1v) is 22.5. The molecule has 0 saturated heterocycles. The zero-order valence-corrected chi connectivity index (χ0v) is 39.7. The van der Waals surface area contributed by atoms with E-state index in [4.69, 9.17) is 17.9 Å². The maximum absolute atomic E-state index is 9.26. The smallest absolute Gasteiger partial charge is 0.268 e. The fraction of sp³-hybridized carbons (Fsp3) is 0.129. The van der Waals surface area contributed by atoms with E-state index in [0.29, 0.717) is 48.4 Å². The van der Waals surface area contributed by atoms with Gasteiger partial charge in [-0.2, -0.15) is 18.2 Å². The molecule has 8 aromatic carbocycles. The second-order valence-electron chi connectivity index (χ2n) is 18.0. The predicted molar refractivity (Wildman–Crippen MR) is 271 cm³/mol. The number of nitrogens with zero attached hydrogens (tertiary/aromatic N) is 4. The van der Waals surface area contributed by atoms with Gasteiger partial charge in [-0.1, -0.05) is 160 Å². The van der Waals surface area contributed by atoms with Crippen LogP contribution in [0.5, 0.6) is 11.5 Å². The topological polar surface area (TPSA) is 35.9 Å². The van der Waals surface area contributed by atoms with Gasteiger partial charge in [0.1, 0.15) is 5.82 Å². The van der Waals surface area contributed by atoms with E-state index >= 15 is 0 Å². The molecule has 3 aromatic heterocycles. The maximum atomic E-state index is 9.26. The van der Waals surface area contributed by atoms with Crippen LogP contribution in [-0.4, -0.2) is 14.1 Å². The van der Waals surface area contributed by atoms with Gasteiger partial charge in [-0.05, 0) is 110 Å². The first-order chi connectivity index (χ1) is 37.0. The minimum Gasteiger partial charge on any atom is -0.510 e. The zero-order chi connectivity index (χ0) is 53.8. The third-order valence-electron chi connectivity index (χ3n) is 12.8. The van der Waals surface area contributed by atoms with Crippen molar-refractivity contribution in [2.75, 3.05) is 0 Å². The van der Waals surface area contributed by atoms with Gasteiger partial charge in [0.25, 0.3) is 6.33 Å². The molecule has 0 radical (unpaired) electrons. The van der Waals surface area contributed by atoms with Crippen LogP contribution in [0.2, 0.25) is 0 Å². The quantitative estimate of drug-likeness (QED) is 0.118. The molecule has 4 bridgehead atoms. The number of benzene rings is 8. The second kappa shape index (κ2) is 17.7. The zero-order valence-electron chi connectivity index (χ0n) is 47.5. The van der Waals surface area contributed by atoms with Crippen LogP contribution in [0.4, 0.5) is 0 Å². The Kier molecular flexibility index (Phi) is 8.65. The molecule has 68 heavy (non-hydrogen) atoms. The molecule has 11 aromatic rings. The molecule has 3 heterocycles. The number of imidazole rings is 1. The molecule has 0 saturated carbocycles. The molecule has 15 rings (SSSR count). The van der Waals surface area contributed by atoms with E-state index in [-0.39, 0.29) is 54.4 Å². The summed E-state index contributed by atoms with van der Waals surface area (Å²) in [4.78, 5) is 4.84. The molecule has 0 fully saturated rings. The van der Waals surface area contributed by atoms with Crippen LogP contribution < -0.4 is 9.30 Å². The fourth-order valence-electron chi connectivity index (χ4n) is 9.41. The summed E-state index contributed by atoms with van der Waals surface area (Å²) in [6.45, 7) is 6.53. The Morgan fingerprint density at radius 1 is 0.632 bits per heavy atom. The number of ether oxygens (including phenoxy) is 1. The van der Waals surface area contributed by atoms with Crippen molar-refractivity contribution in [2.24, 2.45) is 0 Å². The number of para-hydroxylation sites is 2. The van der Waals surface area contributed by atoms with Crippen molar-refractivity contribution < 1.29 is 44.1 Å². The molecular weight excluding hydrogens is 1010 g/mol. The third kappa shape index (κ3) is 7.85. The third-order valence-corrected chi connectivity index (χ3v) is 12.8. The van der Waals surface area contributed by atoms with Crippen molar-refractivity contribution in [1.29, 1.82) is 0 Å². The number of rotatable bonds is 7. The van der Waals surface area contributed by atoms with E-state index in [9.17, 15) is 5.48 Å². The van der Waals surface area contributed by atoms with Crippen LogP contribution in [0.1, 0.15) is 62.3 Å². The minimum atomic E-state index is -0.565. The Bertz CT molecular complexity index is 4110. The predicted octanol–water partition coefficient (Wildman–Crippen LogP) is 14.1. The number of aryl methyl sites for hydroxylation is 4. The van der Waals surface area contributed by atoms with Gasteiger partial charge < -0.3 is 13.9 Å². The first-order valence-electron chi connectivity index (χ1n) is 27.5. The summed E-state index contributed by atoms with van der Waals surface area (Å²) >= 11 is 0. The summed E-state index contributed by atoms with van der Waals surface area (Å²) in [6, 6.07) is 41.5. The molecule has 4 aliphatic rings. The molecule has 334 valence electrons. The molecule has 0 atom stereocenters. The van der Waals surface area contributed by atoms with Crippen molar-refractivity contribution in [2.45, 2.75) is 51.9 Å². The number of hydrogen-bond donors (Lipinski definition) is 0. The number of aromatic nitrogens is 4. The molecular formula is C62H48N4OPt-2. The second-order valence-corrected chi connectivity index (χ2v) is 18.0. The Morgan fingerprint density at radius 2 is 1.28 bits per heavy atom. The molecule has 0 amide bonds. The van der Waals surface area contributed by atoms with Crippen LogP contribution in [0, 0.1) is 18.5 Å². The van der Waals surface area contributed by atoms with Crippen LogP contribution in [0.25, 0.3) is 72.3 Å². The Hall–Kier alpha value is -7.33. The fourth-order valence-corrected chi connectivity index (χ4v) is 9.41. The van der Waals surface area contributed by atoms with Crippen LogP contribution in [0.3, 0.4) is 0 Å². The largest absolute Gasteiger partial charge is 0.510 e. The van der Waals surface area contributed by atoms with Crippen molar-refractivity contribution in [3.05, 3.63) is 234 Å². The number of hydrogen-bond acceptors (Lipinski definition) is 2. The van der Waals surface area contributed by atoms with Crippen molar-refractivity contribution in [3.8, 4) is 50.9 Å². The van der Waals surface area contributed by atoms with Crippen LogP contribution >= 0.6 is 0 Å². The number of pyridine rings is 1. The summed E-state index contributed by atoms with van der Waals surface area (Å²) in [5, 5.41) is 2.03. The van der Waals surface area contributed by atoms with Crippen LogP contribution in [-0.2, 0) is 52.2 Å².